The largest absolute Gasteiger partial charge is 0.481 e. The first kappa shape index (κ1) is 13.4. The normalized spacial score (nSPS) is 14.9. The van der Waals surface area contributed by atoms with Crippen LogP contribution >= 0.6 is 0 Å². The van der Waals surface area contributed by atoms with Crippen LogP contribution in [0, 0.1) is 0 Å². The first-order valence-corrected chi connectivity index (χ1v) is 6.82. The number of nitrogens with zero attached hydrogens (tertiary/aromatic N) is 1. The molecule has 2 aromatic carbocycles. The number of carboxylic acids is 1. The molecule has 0 saturated heterocycles. The number of amides is 1. The number of carboxylic acid groups (broad SMARTS) is 1. The molecule has 106 valence electrons. The first-order chi connectivity index (χ1) is 10.2. The zero-order chi connectivity index (χ0) is 14.8. The summed E-state index contributed by atoms with van der Waals surface area (Å²) in [5, 5.41) is 9.17. The van der Waals surface area contributed by atoms with Crippen LogP contribution < -0.4 is 0 Å². The van der Waals surface area contributed by atoms with Gasteiger partial charge in [-0.3, -0.25) is 9.59 Å². The smallest absolute Gasteiger partial charge is 0.305 e. The third-order valence-corrected chi connectivity index (χ3v) is 3.78. The van der Waals surface area contributed by atoms with Gasteiger partial charge in [0.25, 0.3) is 5.91 Å². The molecule has 1 amide bonds. The van der Waals surface area contributed by atoms with E-state index in [4.69, 9.17) is 0 Å². The molecule has 2 aromatic rings. The maximum Gasteiger partial charge on any atom is 0.305 e. The number of carbonyl (C=O) groups excluding carboxylic acids is 1. The number of rotatable bonds is 4. The lowest BCUT2D eigenvalue weighted by atomic mass is 10.0. The molecule has 0 aliphatic carbocycles. The van der Waals surface area contributed by atoms with Crippen LogP contribution in [0.25, 0.3) is 0 Å². The second-order valence-electron chi connectivity index (χ2n) is 5.11. The van der Waals surface area contributed by atoms with E-state index in [1.807, 2.05) is 48.5 Å². The van der Waals surface area contributed by atoms with Gasteiger partial charge in [0.2, 0.25) is 0 Å². The summed E-state index contributed by atoms with van der Waals surface area (Å²) < 4.78 is 0. The average Bonchev–Trinajstić information content (AvgIpc) is 2.83. The molecule has 0 bridgehead atoms. The predicted molar refractivity (Wildman–Crippen MR) is 77.8 cm³/mol. The predicted octanol–water partition coefficient (Wildman–Crippen LogP) is 2.86. The quantitative estimate of drug-likeness (QED) is 0.937. The van der Waals surface area contributed by atoms with Crippen LogP contribution in [0.15, 0.2) is 54.6 Å². The summed E-state index contributed by atoms with van der Waals surface area (Å²) >= 11 is 0. The minimum Gasteiger partial charge on any atom is -0.481 e. The lowest BCUT2D eigenvalue weighted by molar-refractivity contribution is -0.138. The monoisotopic (exact) mass is 281 g/mol. The molecule has 0 unspecified atom stereocenters. The first-order valence-electron chi connectivity index (χ1n) is 6.82. The summed E-state index contributed by atoms with van der Waals surface area (Å²) in [5.41, 5.74) is 2.47. The van der Waals surface area contributed by atoms with Gasteiger partial charge in [0.15, 0.2) is 0 Å². The van der Waals surface area contributed by atoms with Crippen molar-refractivity contribution in [3.63, 3.8) is 0 Å². The molecule has 0 fully saturated rings. The maximum absolute atomic E-state index is 12.5. The Morgan fingerprint density at radius 3 is 2.43 bits per heavy atom. The minimum absolute atomic E-state index is 0.0935. The third kappa shape index (κ3) is 2.52. The van der Waals surface area contributed by atoms with Gasteiger partial charge in [0.05, 0.1) is 12.5 Å². The zero-order valence-corrected chi connectivity index (χ0v) is 11.4. The highest BCUT2D eigenvalue weighted by Gasteiger charge is 2.34. The minimum atomic E-state index is -0.910. The number of benzene rings is 2. The van der Waals surface area contributed by atoms with Gasteiger partial charge in [-0.2, -0.15) is 0 Å². The van der Waals surface area contributed by atoms with Crippen LogP contribution in [0.1, 0.15) is 33.9 Å². The van der Waals surface area contributed by atoms with Crippen LogP contribution in [0.5, 0.6) is 0 Å². The van der Waals surface area contributed by atoms with Crippen molar-refractivity contribution in [2.75, 3.05) is 0 Å². The van der Waals surface area contributed by atoms with E-state index in [0.717, 1.165) is 11.1 Å². The molecule has 1 N–H and O–H groups in total. The summed E-state index contributed by atoms with van der Waals surface area (Å²) in [7, 11) is 0. The fraction of sp³-hybridized carbons (Fsp3) is 0.176. The van der Waals surface area contributed by atoms with Gasteiger partial charge in [-0.1, -0.05) is 48.5 Å². The highest BCUT2D eigenvalue weighted by atomic mass is 16.4. The van der Waals surface area contributed by atoms with E-state index in [-0.39, 0.29) is 12.3 Å². The van der Waals surface area contributed by atoms with Gasteiger partial charge in [-0.15, -0.1) is 0 Å². The van der Waals surface area contributed by atoms with Crippen LogP contribution in [-0.4, -0.2) is 21.9 Å². The molecule has 1 aliphatic rings. The van der Waals surface area contributed by atoms with E-state index >= 15 is 0 Å². The molecule has 1 heterocycles. The van der Waals surface area contributed by atoms with Crippen LogP contribution in [0.4, 0.5) is 0 Å². The van der Waals surface area contributed by atoms with Crippen LogP contribution in [0.2, 0.25) is 0 Å². The lowest BCUT2D eigenvalue weighted by Crippen LogP contribution is -2.30. The van der Waals surface area contributed by atoms with E-state index < -0.39 is 12.0 Å². The lowest BCUT2D eigenvalue weighted by Gasteiger charge is -2.27. The summed E-state index contributed by atoms with van der Waals surface area (Å²) in [5.74, 6) is -1.01. The molecule has 0 aromatic heterocycles. The maximum atomic E-state index is 12.5. The van der Waals surface area contributed by atoms with Crippen molar-refractivity contribution in [1.29, 1.82) is 0 Å². The number of fused-ring (bicyclic) bond motifs is 1. The number of carbonyl (C=O) groups is 2. The number of hydrogen-bond donors (Lipinski definition) is 1. The molecule has 3 rings (SSSR count). The Balaban J connectivity index is 1.96. The molecule has 0 saturated carbocycles. The van der Waals surface area contributed by atoms with Gasteiger partial charge in [-0.05, 0) is 17.2 Å². The van der Waals surface area contributed by atoms with Gasteiger partial charge in [0.1, 0.15) is 0 Å². The van der Waals surface area contributed by atoms with Crippen molar-refractivity contribution in [1.82, 2.24) is 4.90 Å². The van der Waals surface area contributed by atoms with Crippen LogP contribution in [0.3, 0.4) is 0 Å². The van der Waals surface area contributed by atoms with E-state index in [2.05, 4.69) is 0 Å². The molecule has 0 spiro atoms. The third-order valence-electron chi connectivity index (χ3n) is 3.78. The Labute approximate surface area is 122 Å². The van der Waals surface area contributed by atoms with Gasteiger partial charge >= 0.3 is 5.97 Å². The fourth-order valence-corrected chi connectivity index (χ4v) is 2.78. The molecule has 1 aliphatic heterocycles. The van der Waals surface area contributed by atoms with Crippen molar-refractivity contribution >= 4 is 11.9 Å². The molecule has 4 nitrogen and oxygen atoms in total. The second-order valence-corrected chi connectivity index (χ2v) is 5.11. The highest BCUT2D eigenvalue weighted by molar-refractivity contribution is 5.98. The standard InChI is InChI=1S/C17H15NO3/c19-16(20)10-15(12-6-2-1-3-7-12)18-11-13-8-4-5-9-14(13)17(18)21/h1-9,15H,10-11H2,(H,19,20)/t15-/m0/s1. The van der Waals surface area contributed by atoms with Crippen molar-refractivity contribution < 1.29 is 14.7 Å². The SMILES string of the molecule is O=C(O)C[C@@H](c1ccccc1)N1Cc2ccccc2C1=O. The Kier molecular flexibility index (Phi) is 3.44. The highest BCUT2D eigenvalue weighted by Crippen LogP contribution is 2.33. The van der Waals surface area contributed by atoms with E-state index in [1.54, 1.807) is 11.0 Å². The van der Waals surface area contributed by atoms with Gasteiger partial charge < -0.3 is 10.0 Å². The zero-order valence-electron chi connectivity index (χ0n) is 11.4. The Hall–Kier alpha value is -2.62. The van der Waals surface area contributed by atoms with E-state index in [0.29, 0.717) is 12.1 Å². The van der Waals surface area contributed by atoms with Crippen LogP contribution in [-0.2, 0) is 11.3 Å². The molecule has 4 heteroatoms. The second kappa shape index (κ2) is 5.40. The van der Waals surface area contributed by atoms with E-state index in [1.165, 1.54) is 0 Å². The fourth-order valence-electron chi connectivity index (χ4n) is 2.78. The average molecular weight is 281 g/mol. The summed E-state index contributed by atoms with van der Waals surface area (Å²) in [6, 6.07) is 16.3. The van der Waals surface area contributed by atoms with E-state index in [9.17, 15) is 14.7 Å². The summed E-state index contributed by atoms with van der Waals surface area (Å²) in [6.07, 6.45) is -0.0935. The number of aliphatic carboxylic acids is 1. The molecule has 1 atom stereocenters. The summed E-state index contributed by atoms with van der Waals surface area (Å²) in [4.78, 5) is 25.4. The molecular weight excluding hydrogens is 266 g/mol. The van der Waals surface area contributed by atoms with Gasteiger partial charge in [-0.25, -0.2) is 0 Å². The molecule has 0 radical (unpaired) electrons. The van der Waals surface area contributed by atoms with Crippen molar-refractivity contribution in [3.8, 4) is 0 Å². The van der Waals surface area contributed by atoms with Crippen molar-refractivity contribution in [3.05, 3.63) is 71.3 Å². The Bertz CT molecular complexity index is 681. The Morgan fingerprint density at radius 2 is 1.76 bits per heavy atom. The van der Waals surface area contributed by atoms with Crippen molar-refractivity contribution in [2.45, 2.75) is 19.0 Å². The van der Waals surface area contributed by atoms with Crippen molar-refractivity contribution in [2.24, 2.45) is 0 Å². The van der Waals surface area contributed by atoms with Gasteiger partial charge in [0, 0.05) is 12.1 Å². The molecular formula is C17H15NO3. The number of hydrogen-bond acceptors (Lipinski definition) is 2. The Morgan fingerprint density at radius 1 is 1.10 bits per heavy atom. The molecule has 21 heavy (non-hydrogen) atoms. The summed E-state index contributed by atoms with van der Waals surface area (Å²) in [6.45, 7) is 0.460. The topological polar surface area (TPSA) is 57.6 Å².